The Bertz CT molecular complexity index is 863. The maximum atomic E-state index is 13.9. The Morgan fingerprint density at radius 1 is 0.840 bits per heavy atom. The summed E-state index contributed by atoms with van der Waals surface area (Å²) in [5, 5.41) is 1.87. The molecule has 0 aromatic heterocycles. The molecule has 0 radical (unpaired) electrons. The Hall–Kier alpha value is -2.85. The van der Waals surface area contributed by atoms with Gasteiger partial charge >= 0.3 is 0 Å². The van der Waals surface area contributed by atoms with E-state index < -0.39 is 0 Å². The van der Waals surface area contributed by atoms with E-state index in [0.29, 0.717) is 11.6 Å². The van der Waals surface area contributed by atoms with E-state index in [2.05, 4.69) is 4.99 Å². The van der Waals surface area contributed by atoms with E-state index in [9.17, 15) is 4.39 Å². The average Bonchev–Trinajstić information content (AvgIpc) is 2.65. The molecule has 0 saturated carbocycles. The van der Waals surface area contributed by atoms with E-state index in [-0.39, 0.29) is 11.5 Å². The Morgan fingerprint density at radius 2 is 1.48 bits per heavy atom. The Morgan fingerprint density at radius 3 is 2.20 bits per heavy atom. The monoisotopic (exact) mass is 349 g/mol. The van der Waals surface area contributed by atoms with Crippen LogP contribution in [-0.2, 0) is 0 Å². The van der Waals surface area contributed by atoms with Gasteiger partial charge in [0, 0.05) is 11.0 Å². The summed E-state index contributed by atoms with van der Waals surface area (Å²) in [6.07, 6.45) is 1.73. The van der Waals surface area contributed by atoms with E-state index in [1.54, 1.807) is 24.3 Å². The van der Waals surface area contributed by atoms with Crippen LogP contribution in [0.15, 0.2) is 106 Å². The number of para-hydroxylation sites is 2. The fraction of sp³-hybridized carbons (Fsp3) is 0. The highest BCUT2D eigenvalue weighted by atomic mass is 32.2. The molecule has 0 saturated heterocycles. The first-order chi connectivity index (χ1) is 12.3. The van der Waals surface area contributed by atoms with Gasteiger partial charge in [0.05, 0.1) is 0 Å². The summed E-state index contributed by atoms with van der Waals surface area (Å²) >= 11 is 1.54. The zero-order valence-corrected chi connectivity index (χ0v) is 14.2. The van der Waals surface area contributed by atoms with Gasteiger partial charge in [-0.05, 0) is 41.8 Å². The third-order valence-corrected chi connectivity index (χ3v) is 4.02. The molecule has 0 unspecified atom stereocenters. The lowest BCUT2D eigenvalue weighted by atomic mass is 10.3. The van der Waals surface area contributed by atoms with Gasteiger partial charge in [0.1, 0.15) is 17.3 Å². The summed E-state index contributed by atoms with van der Waals surface area (Å²) < 4.78 is 19.7. The number of nitrogens with zero attached hydrogens (tertiary/aromatic N) is 1. The minimum atomic E-state index is -0.388. The molecule has 0 aliphatic carbocycles. The highest BCUT2D eigenvalue weighted by molar-refractivity contribution is 8.02. The zero-order chi connectivity index (χ0) is 17.3. The Labute approximate surface area is 150 Å². The average molecular weight is 349 g/mol. The van der Waals surface area contributed by atoms with Crippen LogP contribution in [0.25, 0.3) is 0 Å². The molecule has 2 nitrogen and oxygen atoms in total. The molecule has 0 heterocycles. The summed E-state index contributed by atoms with van der Waals surface area (Å²) in [6.45, 7) is 0. The third-order valence-electron chi connectivity index (χ3n) is 3.21. The van der Waals surface area contributed by atoms with Gasteiger partial charge in [-0.2, -0.15) is 0 Å². The summed E-state index contributed by atoms with van der Waals surface area (Å²) in [7, 11) is 0. The SMILES string of the molecule is Fc1ccccc1N=C(C=CSc1ccccc1)Oc1ccccc1. The second-order valence-corrected chi connectivity index (χ2v) is 6.03. The zero-order valence-electron chi connectivity index (χ0n) is 13.4. The lowest BCUT2D eigenvalue weighted by Gasteiger charge is -2.06. The van der Waals surface area contributed by atoms with Gasteiger partial charge in [-0.1, -0.05) is 60.3 Å². The molecule has 0 atom stereocenters. The molecule has 0 aliphatic heterocycles. The highest BCUT2D eigenvalue weighted by Gasteiger charge is 2.03. The van der Waals surface area contributed by atoms with Crippen molar-refractivity contribution in [2.24, 2.45) is 4.99 Å². The van der Waals surface area contributed by atoms with Crippen LogP contribution in [0.1, 0.15) is 0 Å². The molecule has 3 aromatic rings. The lowest BCUT2D eigenvalue weighted by molar-refractivity contribution is 0.554. The summed E-state index contributed by atoms with van der Waals surface area (Å²) in [5.41, 5.74) is 0.239. The van der Waals surface area contributed by atoms with E-state index >= 15 is 0 Å². The van der Waals surface area contributed by atoms with Crippen molar-refractivity contribution in [3.05, 3.63) is 102 Å². The van der Waals surface area contributed by atoms with Crippen LogP contribution in [0.3, 0.4) is 0 Å². The second kappa shape index (κ2) is 8.85. The maximum absolute atomic E-state index is 13.9. The minimum absolute atomic E-state index is 0.239. The molecule has 3 rings (SSSR count). The molecular weight excluding hydrogens is 333 g/mol. The maximum Gasteiger partial charge on any atom is 0.220 e. The van der Waals surface area contributed by atoms with Crippen molar-refractivity contribution in [1.82, 2.24) is 0 Å². The fourth-order valence-corrected chi connectivity index (χ4v) is 2.69. The van der Waals surface area contributed by atoms with E-state index in [4.69, 9.17) is 4.74 Å². The van der Waals surface area contributed by atoms with Gasteiger partial charge in [0.15, 0.2) is 0 Å². The molecule has 0 bridgehead atoms. The number of hydrogen-bond acceptors (Lipinski definition) is 3. The highest BCUT2D eigenvalue weighted by Crippen LogP contribution is 2.21. The van der Waals surface area contributed by atoms with Crippen molar-refractivity contribution in [2.75, 3.05) is 0 Å². The largest absolute Gasteiger partial charge is 0.439 e. The van der Waals surface area contributed by atoms with Crippen LogP contribution < -0.4 is 4.74 Å². The number of aliphatic imine (C=N–C) groups is 1. The van der Waals surface area contributed by atoms with Crippen molar-refractivity contribution in [3.8, 4) is 5.75 Å². The molecule has 0 fully saturated rings. The van der Waals surface area contributed by atoms with Crippen molar-refractivity contribution in [1.29, 1.82) is 0 Å². The minimum Gasteiger partial charge on any atom is -0.439 e. The molecule has 0 N–H and O–H groups in total. The van der Waals surface area contributed by atoms with E-state index in [1.165, 1.54) is 17.8 Å². The van der Waals surface area contributed by atoms with Gasteiger partial charge in [-0.15, -0.1) is 0 Å². The Balaban J connectivity index is 1.82. The smallest absolute Gasteiger partial charge is 0.220 e. The molecule has 3 aromatic carbocycles. The second-order valence-electron chi connectivity index (χ2n) is 5.05. The van der Waals surface area contributed by atoms with Crippen molar-refractivity contribution in [2.45, 2.75) is 4.90 Å². The van der Waals surface area contributed by atoms with Crippen molar-refractivity contribution < 1.29 is 9.13 Å². The summed E-state index contributed by atoms with van der Waals surface area (Å²) in [4.78, 5) is 5.40. The van der Waals surface area contributed by atoms with Crippen molar-refractivity contribution in [3.63, 3.8) is 0 Å². The molecule has 25 heavy (non-hydrogen) atoms. The van der Waals surface area contributed by atoms with Crippen LogP contribution in [0.5, 0.6) is 5.75 Å². The predicted octanol–water partition coefficient (Wildman–Crippen LogP) is 6.24. The van der Waals surface area contributed by atoms with Gasteiger partial charge in [0.25, 0.3) is 0 Å². The number of halogens is 1. The number of hydrogen-bond donors (Lipinski definition) is 0. The molecule has 0 amide bonds. The van der Waals surface area contributed by atoms with Crippen LogP contribution in [0.2, 0.25) is 0 Å². The first-order valence-corrected chi connectivity index (χ1v) is 8.63. The molecule has 0 spiro atoms. The standard InChI is InChI=1S/C21H16FNOS/c22-19-13-7-8-14-20(19)23-21(24-17-9-3-1-4-10-17)15-16-25-18-11-5-2-6-12-18/h1-16H. The third kappa shape index (κ3) is 5.33. The fourth-order valence-electron chi connectivity index (χ4n) is 2.03. The van der Waals surface area contributed by atoms with Gasteiger partial charge in [-0.25, -0.2) is 9.38 Å². The number of rotatable bonds is 5. The molecule has 4 heteroatoms. The normalized spacial score (nSPS) is 11.6. The summed E-state index contributed by atoms with van der Waals surface area (Å²) in [6, 6.07) is 25.6. The van der Waals surface area contributed by atoms with E-state index in [0.717, 1.165) is 4.90 Å². The van der Waals surface area contributed by atoms with Crippen LogP contribution in [0.4, 0.5) is 10.1 Å². The number of ether oxygens (including phenoxy) is 1. The topological polar surface area (TPSA) is 21.6 Å². The lowest BCUT2D eigenvalue weighted by Crippen LogP contribution is -2.04. The molecular formula is C21H16FNOS. The van der Waals surface area contributed by atoms with Gasteiger partial charge in [-0.3, -0.25) is 0 Å². The molecule has 124 valence electrons. The van der Waals surface area contributed by atoms with Crippen LogP contribution in [0, 0.1) is 5.82 Å². The Kier molecular flexibility index (Phi) is 6.01. The predicted molar refractivity (Wildman–Crippen MR) is 102 cm³/mol. The first kappa shape index (κ1) is 17.0. The van der Waals surface area contributed by atoms with Crippen LogP contribution in [-0.4, -0.2) is 5.90 Å². The first-order valence-electron chi connectivity index (χ1n) is 7.75. The number of benzene rings is 3. The van der Waals surface area contributed by atoms with Crippen molar-refractivity contribution >= 4 is 23.3 Å². The van der Waals surface area contributed by atoms with Gasteiger partial charge < -0.3 is 4.74 Å². The summed E-state index contributed by atoms with van der Waals surface area (Å²) in [5.74, 6) is 0.576. The van der Waals surface area contributed by atoms with E-state index in [1.807, 2.05) is 66.1 Å². The van der Waals surface area contributed by atoms with Gasteiger partial charge in [0.2, 0.25) is 5.90 Å². The molecule has 0 aliphatic rings. The quantitative estimate of drug-likeness (QED) is 0.309. The van der Waals surface area contributed by atoms with Crippen LogP contribution >= 0.6 is 11.8 Å². The number of thioether (sulfide) groups is 1.